The maximum absolute atomic E-state index is 12.3. The number of nitrogens with one attached hydrogen (secondary N) is 1. The fraction of sp³-hybridized carbons (Fsp3) is 0.389. The third kappa shape index (κ3) is 2.79. The molecule has 3 heterocycles. The van der Waals surface area contributed by atoms with E-state index in [9.17, 15) is 9.59 Å². The van der Waals surface area contributed by atoms with Gasteiger partial charge in [-0.25, -0.2) is 4.98 Å². The SMILES string of the molecule is O=C1CCc2cc(/C=C/C(=O)N3CC4C=CCC4C3)cnc2N1. The maximum Gasteiger partial charge on any atom is 0.246 e. The zero-order chi connectivity index (χ0) is 15.8. The summed E-state index contributed by atoms with van der Waals surface area (Å²) in [5, 5.41) is 2.76. The van der Waals surface area contributed by atoms with Crippen LogP contribution in [0.2, 0.25) is 0 Å². The highest BCUT2D eigenvalue weighted by atomic mass is 16.2. The van der Waals surface area contributed by atoms with Crippen LogP contribution in [0.1, 0.15) is 24.0 Å². The minimum atomic E-state index is 0.0112. The highest BCUT2D eigenvalue weighted by Crippen LogP contribution is 2.32. The number of likely N-dealkylation sites (tertiary alicyclic amines) is 1. The summed E-state index contributed by atoms with van der Waals surface area (Å²) in [4.78, 5) is 29.9. The van der Waals surface area contributed by atoms with Gasteiger partial charge in [0.15, 0.2) is 0 Å². The van der Waals surface area contributed by atoms with Crippen LogP contribution in [-0.4, -0.2) is 34.8 Å². The van der Waals surface area contributed by atoms with Crippen LogP contribution in [0.15, 0.2) is 30.5 Å². The molecule has 2 unspecified atom stereocenters. The van der Waals surface area contributed by atoms with Gasteiger partial charge in [0.2, 0.25) is 11.8 Å². The standard InChI is InChI=1S/C18H19N3O2/c22-16-6-5-13-8-12(9-19-18(13)20-16)4-7-17(23)21-10-14-2-1-3-15(14)11-21/h1-2,4,7-9,14-15H,3,5-6,10-11H2,(H,19,20,22)/b7-4+. The monoisotopic (exact) mass is 309 g/mol. The van der Waals surface area contributed by atoms with Crippen LogP contribution in [0.25, 0.3) is 6.08 Å². The smallest absolute Gasteiger partial charge is 0.246 e. The minimum absolute atomic E-state index is 0.0112. The number of pyridine rings is 1. The van der Waals surface area contributed by atoms with E-state index in [0.717, 1.165) is 30.6 Å². The molecule has 23 heavy (non-hydrogen) atoms. The van der Waals surface area contributed by atoms with E-state index in [4.69, 9.17) is 0 Å². The van der Waals surface area contributed by atoms with Crippen LogP contribution in [0.3, 0.4) is 0 Å². The lowest BCUT2D eigenvalue weighted by Crippen LogP contribution is -2.27. The summed E-state index contributed by atoms with van der Waals surface area (Å²) in [5.74, 6) is 1.88. The number of rotatable bonds is 2. The largest absolute Gasteiger partial charge is 0.338 e. The van der Waals surface area contributed by atoms with Gasteiger partial charge in [-0.15, -0.1) is 0 Å². The van der Waals surface area contributed by atoms with Gasteiger partial charge in [0.1, 0.15) is 5.82 Å². The van der Waals surface area contributed by atoms with Crippen LogP contribution >= 0.6 is 0 Å². The number of aromatic nitrogens is 1. The summed E-state index contributed by atoms with van der Waals surface area (Å²) >= 11 is 0. The van der Waals surface area contributed by atoms with Crippen molar-refractivity contribution in [2.24, 2.45) is 11.8 Å². The molecule has 4 rings (SSSR count). The molecule has 0 radical (unpaired) electrons. The molecule has 5 nitrogen and oxygen atoms in total. The topological polar surface area (TPSA) is 62.3 Å². The highest BCUT2D eigenvalue weighted by molar-refractivity contribution is 5.94. The first kappa shape index (κ1) is 14.2. The molecule has 1 aliphatic carbocycles. The number of fused-ring (bicyclic) bond motifs is 2. The van der Waals surface area contributed by atoms with Gasteiger partial charge < -0.3 is 10.2 Å². The lowest BCUT2D eigenvalue weighted by atomic mass is 10.0. The predicted molar refractivity (Wildman–Crippen MR) is 87.5 cm³/mol. The molecule has 1 N–H and O–H groups in total. The fourth-order valence-electron chi connectivity index (χ4n) is 3.61. The van der Waals surface area contributed by atoms with Crippen LogP contribution < -0.4 is 5.32 Å². The molecule has 118 valence electrons. The molecule has 1 saturated heterocycles. The number of hydrogen-bond donors (Lipinski definition) is 1. The quantitative estimate of drug-likeness (QED) is 0.671. The van der Waals surface area contributed by atoms with Gasteiger partial charge in [-0.05, 0) is 47.9 Å². The normalized spacial score (nSPS) is 25.6. The van der Waals surface area contributed by atoms with Crippen molar-refractivity contribution in [3.05, 3.63) is 41.6 Å². The van der Waals surface area contributed by atoms with Crippen LogP contribution in [-0.2, 0) is 16.0 Å². The van der Waals surface area contributed by atoms with Gasteiger partial charge in [-0.2, -0.15) is 0 Å². The van der Waals surface area contributed by atoms with E-state index < -0.39 is 0 Å². The van der Waals surface area contributed by atoms with E-state index in [1.165, 1.54) is 0 Å². The van der Waals surface area contributed by atoms with Crippen molar-refractivity contribution < 1.29 is 9.59 Å². The van der Waals surface area contributed by atoms with Crippen molar-refractivity contribution in [2.45, 2.75) is 19.3 Å². The Labute approximate surface area is 135 Å². The molecular weight excluding hydrogens is 290 g/mol. The third-order valence-electron chi connectivity index (χ3n) is 4.91. The zero-order valence-electron chi connectivity index (χ0n) is 12.9. The van der Waals surface area contributed by atoms with Crippen molar-refractivity contribution in [2.75, 3.05) is 18.4 Å². The number of nitrogens with zero attached hydrogens (tertiary/aromatic N) is 2. The van der Waals surface area contributed by atoms with Crippen molar-refractivity contribution >= 4 is 23.7 Å². The molecule has 1 aromatic rings. The number of carbonyl (C=O) groups excluding carboxylic acids is 2. The van der Waals surface area contributed by atoms with Crippen molar-refractivity contribution in [3.63, 3.8) is 0 Å². The van der Waals surface area contributed by atoms with E-state index in [2.05, 4.69) is 22.5 Å². The third-order valence-corrected chi connectivity index (χ3v) is 4.91. The number of amides is 2. The molecule has 2 atom stereocenters. The number of anilines is 1. The van der Waals surface area contributed by atoms with Crippen molar-refractivity contribution in [1.82, 2.24) is 9.88 Å². The van der Waals surface area contributed by atoms with Gasteiger partial charge in [0.25, 0.3) is 0 Å². The van der Waals surface area contributed by atoms with Crippen LogP contribution in [0, 0.1) is 11.8 Å². The Hall–Kier alpha value is -2.43. The maximum atomic E-state index is 12.3. The second-order valence-electron chi connectivity index (χ2n) is 6.49. The lowest BCUT2D eigenvalue weighted by Gasteiger charge is -2.16. The zero-order valence-corrected chi connectivity index (χ0v) is 12.9. The molecule has 0 bridgehead atoms. The molecule has 0 aromatic carbocycles. The first-order chi connectivity index (χ1) is 11.2. The van der Waals surface area contributed by atoms with Gasteiger partial charge in [0, 0.05) is 31.8 Å². The van der Waals surface area contributed by atoms with Gasteiger partial charge in [0.05, 0.1) is 0 Å². The molecule has 2 amide bonds. The Morgan fingerprint density at radius 1 is 1.35 bits per heavy atom. The fourth-order valence-corrected chi connectivity index (χ4v) is 3.61. The summed E-state index contributed by atoms with van der Waals surface area (Å²) in [6.45, 7) is 1.69. The van der Waals surface area contributed by atoms with E-state index in [1.807, 2.05) is 17.0 Å². The average molecular weight is 309 g/mol. The number of aryl methyl sites for hydroxylation is 1. The Balaban J connectivity index is 1.43. The minimum Gasteiger partial charge on any atom is -0.338 e. The van der Waals surface area contributed by atoms with Crippen molar-refractivity contribution in [1.29, 1.82) is 0 Å². The molecule has 3 aliphatic rings. The number of hydrogen-bond acceptors (Lipinski definition) is 3. The number of carbonyl (C=O) groups is 2. The molecular formula is C18H19N3O2. The Morgan fingerprint density at radius 3 is 3.13 bits per heavy atom. The molecule has 0 saturated carbocycles. The molecule has 1 aromatic heterocycles. The van der Waals surface area contributed by atoms with Crippen molar-refractivity contribution in [3.8, 4) is 0 Å². The summed E-state index contributed by atoms with van der Waals surface area (Å²) in [7, 11) is 0. The number of allylic oxidation sites excluding steroid dienone is 1. The van der Waals surface area contributed by atoms with E-state index in [1.54, 1.807) is 12.3 Å². The molecule has 2 aliphatic heterocycles. The van der Waals surface area contributed by atoms with Gasteiger partial charge in [-0.3, -0.25) is 9.59 Å². The second kappa shape index (κ2) is 5.65. The molecule has 5 heteroatoms. The summed E-state index contributed by atoms with van der Waals surface area (Å²) in [5.41, 5.74) is 1.92. The summed E-state index contributed by atoms with van der Waals surface area (Å²) < 4.78 is 0. The van der Waals surface area contributed by atoms with Gasteiger partial charge >= 0.3 is 0 Å². The second-order valence-corrected chi connectivity index (χ2v) is 6.49. The van der Waals surface area contributed by atoms with E-state index in [-0.39, 0.29) is 11.8 Å². The average Bonchev–Trinajstić information content (AvgIpc) is 3.14. The predicted octanol–water partition coefficient (Wildman–Crippen LogP) is 2.01. The first-order valence-corrected chi connectivity index (χ1v) is 8.11. The molecule has 0 spiro atoms. The van der Waals surface area contributed by atoms with Gasteiger partial charge in [-0.1, -0.05) is 12.2 Å². The highest BCUT2D eigenvalue weighted by Gasteiger charge is 2.34. The summed E-state index contributed by atoms with van der Waals surface area (Å²) in [6.07, 6.45) is 11.9. The van der Waals surface area contributed by atoms with Crippen LogP contribution in [0.4, 0.5) is 5.82 Å². The van der Waals surface area contributed by atoms with E-state index >= 15 is 0 Å². The first-order valence-electron chi connectivity index (χ1n) is 8.11. The Kier molecular flexibility index (Phi) is 3.48. The Morgan fingerprint density at radius 2 is 2.26 bits per heavy atom. The lowest BCUT2D eigenvalue weighted by molar-refractivity contribution is -0.125. The van der Waals surface area contributed by atoms with E-state index in [0.29, 0.717) is 30.5 Å². The summed E-state index contributed by atoms with van der Waals surface area (Å²) in [6, 6.07) is 1.99. The molecule has 1 fully saturated rings. The van der Waals surface area contributed by atoms with Crippen LogP contribution in [0.5, 0.6) is 0 Å². The Bertz CT molecular complexity index is 723.